The molecule has 2 aromatic carbocycles. The van der Waals surface area contributed by atoms with E-state index >= 15 is 0 Å². The van der Waals surface area contributed by atoms with Crippen LogP contribution in [0.2, 0.25) is 0 Å². The van der Waals surface area contributed by atoms with E-state index in [1.54, 1.807) is 30.3 Å². The molecule has 0 fully saturated rings. The quantitative estimate of drug-likeness (QED) is 0.608. The second-order valence-electron chi connectivity index (χ2n) is 3.93. The summed E-state index contributed by atoms with van der Waals surface area (Å²) in [6, 6.07) is 11.4. The molecule has 3 aromatic rings. The van der Waals surface area contributed by atoms with Crippen molar-refractivity contribution in [2.24, 2.45) is 0 Å². The molecule has 5 heteroatoms. The van der Waals surface area contributed by atoms with Crippen LogP contribution < -0.4 is 5.69 Å². The Kier molecular flexibility index (Phi) is 2.13. The number of nitrogens with zero attached hydrogens (tertiary/aromatic N) is 1. The van der Waals surface area contributed by atoms with Gasteiger partial charge in [0, 0.05) is 0 Å². The van der Waals surface area contributed by atoms with E-state index in [-0.39, 0.29) is 11.5 Å². The van der Waals surface area contributed by atoms with Crippen LogP contribution in [0, 0.1) is 0 Å². The van der Waals surface area contributed by atoms with E-state index in [1.165, 1.54) is 16.7 Å². The van der Waals surface area contributed by atoms with Gasteiger partial charge in [-0.05, 0) is 24.3 Å². The fourth-order valence-corrected chi connectivity index (χ4v) is 2.01. The minimum atomic E-state index is -0.409. The van der Waals surface area contributed by atoms with Crippen LogP contribution in [-0.4, -0.2) is 19.8 Å². The molecule has 0 amide bonds. The number of H-pyrrole nitrogens is 1. The summed E-state index contributed by atoms with van der Waals surface area (Å²) < 4.78 is 1.32. The van der Waals surface area contributed by atoms with E-state index in [0.29, 0.717) is 16.7 Å². The number of aromatic amines is 1. The summed E-state index contributed by atoms with van der Waals surface area (Å²) in [5.41, 5.74) is 0.833. The first-order valence-electron chi connectivity index (χ1n) is 5.39. The molecule has 0 bridgehead atoms. The molecule has 3 N–H and O–H groups in total. The Balaban J connectivity index is 2.44. The summed E-state index contributed by atoms with van der Waals surface area (Å²) in [5, 5.41) is 19.5. The molecule has 18 heavy (non-hydrogen) atoms. The third kappa shape index (κ3) is 1.37. The molecule has 0 aliphatic heterocycles. The Labute approximate surface area is 102 Å². The number of aromatic nitrogens is 2. The van der Waals surface area contributed by atoms with Crippen LogP contribution in [0.5, 0.6) is 11.5 Å². The zero-order valence-corrected chi connectivity index (χ0v) is 9.29. The molecule has 0 saturated heterocycles. The number of fused-ring (bicyclic) bond motifs is 1. The molecule has 0 aliphatic rings. The number of benzene rings is 2. The fraction of sp³-hybridized carbons (Fsp3) is 0. The highest BCUT2D eigenvalue weighted by atomic mass is 16.3. The van der Waals surface area contributed by atoms with E-state index in [4.69, 9.17) is 0 Å². The van der Waals surface area contributed by atoms with Crippen LogP contribution in [0.4, 0.5) is 0 Å². The van der Waals surface area contributed by atoms with E-state index in [0.717, 1.165) is 0 Å². The average molecular weight is 242 g/mol. The van der Waals surface area contributed by atoms with Crippen molar-refractivity contribution in [1.82, 2.24) is 9.55 Å². The maximum Gasteiger partial charge on any atom is 0.331 e. The van der Waals surface area contributed by atoms with E-state index in [9.17, 15) is 15.0 Å². The SMILES string of the molecule is O=c1[nH]c2c(O)cccc2n1-c1ccccc1O. The molecule has 0 spiro atoms. The topological polar surface area (TPSA) is 78.2 Å². The summed E-state index contributed by atoms with van der Waals surface area (Å²) >= 11 is 0. The molecular weight excluding hydrogens is 232 g/mol. The number of phenolic OH excluding ortho intramolecular Hbond substituents is 2. The van der Waals surface area contributed by atoms with Crippen LogP contribution in [0.25, 0.3) is 16.7 Å². The highest BCUT2D eigenvalue weighted by Gasteiger charge is 2.13. The van der Waals surface area contributed by atoms with Crippen LogP contribution in [0.1, 0.15) is 0 Å². The van der Waals surface area contributed by atoms with Gasteiger partial charge in [-0.1, -0.05) is 18.2 Å². The summed E-state index contributed by atoms with van der Waals surface area (Å²) in [4.78, 5) is 14.5. The van der Waals surface area contributed by atoms with Crippen LogP contribution >= 0.6 is 0 Å². The van der Waals surface area contributed by atoms with Gasteiger partial charge in [-0.3, -0.25) is 4.57 Å². The van der Waals surface area contributed by atoms with Crippen molar-refractivity contribution in [2.75, 3.05) is 0 Å². The van der Waals surface area contributed by atoms with Crippen molar-refractivity contribution in [1.29, 1.82) is 0 Å². The lowest BCUT2D eigenvalue weighted by Crippen LogP contribution is -2.14. The molecule has 0 atom stereocenters. The lowest BCUT2D eigenvalue weighted by atomic mass is 10.2. The maximum atomic E-state index is 11.9. The second kappa shape index (κ2) is 3.66. The predicted molar refractivity (Wildman–Crippen MR) is 67.2 cm³/mol. The van der Waals surface area contributed by atoms with Crippen molar-refractivity contribution in [2.45, 2.75) is 0 Å². The standard InChI is InChI=1S/C13H10N2O3/c16-10-6-2-1-4-8(10)15-9-5-3-7-11(17)12(9)14-13(15)18/h1-7,16-17H,(H,14,18). The minimum Gasteiger partial charge on any atom is -0.506 e. The number of phenols is 2. The Hall–Kier alpha value is -2.69. The van der Waals surface area contributed by atoms with E-state index in [2.05, 4.69) is 4.98 Å². The maximum absolute atomic E-state index is 11.9. The number of rotatable bonds is 1. The lowest BCUT2D eigenvalue weighted by Gasteiger charge is -2.05. The molecule has 0 saturated carbocycles. The van der Waals surface area contributed by atoms with Gasteiger partial charge in [-0.15, -0.1) is 0 Å². The first-order valence-corrected chi connectivity index (χ1v) is 5.39. The highest BCUT2D eigenvalue weighted by Crippen LogP contribution is 2.26. The monoisotopic (exact) mass is 242 g/mol. The van der Waals surface area contributed by atoms with E-state index < -0.39 is 5.69 Å². The third-order valence-corrected chi connectivity index (χ3v) is 2.82. The summed E-state index contributed by atoms with van der Waals surface area (Å²) in [6.45, 7) is 0. The van der Waals surface area contributed by atoms with Gasteiger partial charge >= 0.3 is 5.69 Å². The molecule has 3 rings (SSSR count). The zero-order valence-electron chi connectivity index (χ0n) is 9.29. The third-order valence-electron chi connectivity index (χ3n) is 2.82. The van der Waals surface area contributed by atoms with Crippen LogP contribution in [-0.2, 0) is 0 Å². The van der Waals surface area contributed by atoms with Gasteiger partial charge in [0.1, 0.15) is 17.0 Å². The lowest BCUT2D eigenvalue weighted by molar-refractivity contribution is 0.472. The fourth-order valence-electron chi connectivity index (χ4n) is 2.01. The van der Waals surface area contributed by atoms with Crippen molar-refractivity contribution in [3.8, 4) is 17.2 Å². The van der Waals surface area contributed by atoms with Crippen LogP contribution in [0.3, 0.4) is 0 Å². The highest BCUT2D eigenvalue weighted by molar-refractivity contribution is 5.83. The summed E-state index contributed by atoms with van der Waals surface area (Å²) in [5.74, 6) is 0.00242. The summed E-state index contributed by atoms with van der Waals surface area (Å²) in [6.07, 6.45) is 0. The van der Waals surface area contributed by atoms with Gasteiger partial charge in [0.2, 0.25) is 0 Å². The van der Waals surface area contributed by atoms with Gasteiger partial charge in [-0.2, -0.15) is 0 Å². The van der Waals surface area contributed by atoms with Gasteiger partial charge in [0.15, 0.2) is 0 Å². The largest absolute Gasteiger partial charge is 0.506 e. The number of para-hydroxylation sites is 3. The van der Waals surface area contributed by atoms with Gasteiger partial charge in [0.25, 0.3) is 0 Å². The molecule has 0 radical (unpaired) electrons. The molecule has 1 aromatic heterocycles. The number of imidazole rings is 1. The van der Waals surface area contributed by atoms with E-state index in [1.807, 2.05) is 0 Å². The molecule has 90 valence electrons. The number of hydrogen-bond donors (Lipinski definition) is 3. The van der Waals surface area contributed by atoms with Crippen LogP contribution in [0.15, 0.2) is 47.3 Å². The smallest absolute Gasteiger partial charge is 0.331 e. The van der Waals surface area contributed by atoms with Gasteiger partial charge < -0.3 is 15.2 Å². The average Bonchev–Trinajstić information content (AvgIpc) is 2.68. The molecular formula is C13H10N2O3. The second-order valence-corrected chi connectivity index (χ2v) is 3.93. The van der Waals surface area contributed by atoms with Crippen molar-refractivity contribution >= 4 is 11.0 Å². The normalized spacial score (nSPS) is 10.9. The first kappa shape index (κ1) is 10.5. The minimum absolute atomic E-state index is 0.00114. The number of hydrogen-bond acceptors (Lipinski definition) is 3. The molecule has 1 heterocycles. The zero-order chi connectivity index (χ0) is 12.7. The van der Waals surface area contributed by atoms with Gasteiger partial charge in [-0.25, -0.2) is 4.79 Å². The predicted octanol–water partition coefficient (Wildman–Crippen LogP) is 1.73. The van der Waals surface area contributed by atoms with Crippen molar-refractivity contribution in [3.63, 3.8) is 0 Å². The number of aromatic hydroxyl groups is 2. The number of nitrogens with one attached hydrogen (secondary N) is 1. The Morgan fingerprint density at radius 3 is 2.44 bits per heavy atom. The Bertz CT molecular complexity index is 786. The van der Waals surface area contributed by atoms with Crippen molar-refractivity contribution < 1.29 is 10.2 Å². The van der Waals surface area contributed by atoms with Crippen molar-refractivity contribution in [3.05, 3.63) is 52.9 Å². The van der Waals surface area contributed by atoms with Gasteiger partial charge in [0.05, 0.1) is 11.2 Å². The Morgan fingerprint density at radius 1 is 0.944 bits per heavy atom. The molecule has 0 aliphatic carbocycles. The molecule has 0 unspecified atom stereocenters. The molecule has 5 nitrogen and oxygen atoms in total. The first-order chi connectivity index (χ1) is 8.68. The summed E-state index contributed by atoms with van der Waals surface area (Å²) in [7, 11) is 0. The Morgan fingerprint density at radius 2 is 1.67 bits per heavy atom.